The Bertz CT molecular complexity index is 499. The number of hydrogen-bond donors (Lipinski definition) is 8. The fourth-order valence-electron chi connectivity index (χ4n) is 1.58. The first kappa shape index (κ1) is 19.3. The first-order valence-electron chi connectivity index (χ1n) is 7.40. The summed E-state index contributed by atoms with van der Waals surface area (Å²) in [6.07, 6.45) is 0.935. The van der Waals surface area contributed by atoms with Gasteiger partial charge in [-0.2, -0.15) is 33.2 Å². The molecule has 0 saturated heterocycles. The highest BCUT2D eigenvalue weighted by atomic mass is 16.5. The SMILES string of the molecule is CCC(C#Cc1ccccc1OC(C)C)NNNNNNNN. The Morgan fingerprint density at radius 2 is 1.78 bits per heavy atom. The van der Waals surface area contributed by atoms with Crippen molar-refractivity contribution in [2.45, 2.75) is 39.3 Å². The molecule has 0 aromatic heterocycles. The van der Waals surface area contributed by atoms with Crippen molar-refractivity contribution in [1.29, 1.82) is 0 Å². The van der Waals surface area contributed by atoms with E-state index in [0.717, 1.165) is 17.7 Å². The molecule has 1 unspecified atom stereocenters. The fraction of sp³-hybridized carbons (Fsp3) is 0.429. The van der Waals surface area contributed by atoms with Crippen molar-refractivity contribution >= 4 is 0 Å². The van der Waals surface area contributed by atoms with Crippen molar-refractivity contribution in [3.8, 4) is 17.6 Å². The number of rotatable bonds is 10. The zero-order valence-electron chi connectivity index (χ0n) is 13.7. The molecule has 9 nitrogen and oxygen atoms in total. The van der Waals surface area contributed by atoms with Crippen LogP contribution in [0.1, 0.15) is 32.8 Å². The highest BCUT2D eigenvalue weighted by Gasteiger charge is 2.03. The number of para-hydroxylation sites is 1. The lowest BCUT2D eigenvalue weighted by Crippen LogP contribution is -2.63. The van der Waals surface area contributed by atoms with E-state index in [-0.39, 0.29) is 12.1 Å². The first-order valence-corrected chi connectivity index (χ1v) is 7.40. The van der Waals surface area contributed by atoms with E-state index < -0.39 is 0 Å². The van der Waals surface area contributed by atoms with Crippen LogP contribution in [0, 0.1) is 11.8 Å². The Labute approximate surface area is 136 Å². The summed E-state index contributed by atoms with van der Waals surface area (Å²) in [6, 6.07) is 7.70. The molecule has 0 amide bonds. The van der Waals surface area contributed by atoms with Gasteiger partial charge in [0.2, 0.25) is 0 Å². The van der Waals surface area contributed by atoms with Gasteiger partial charge in [-0.15, -0.1) is 0 Å². The van der Waals surface area contributed by atoms with Gasteiger partial charge in [0.25, 0.3) is 0 Å². The van der Waals surface area contributed by atoms with Gasteiger partial charge in [-0.25, -0.2) is 5.43 Å². The number of benzene rings is 1. The molecule has 0 fully saturated rings. The number of nitrogens with one attached hydrogen (secondary N) is 7. The standard InChI is InChI=1S/C14H26N8O/c1-4-13(16-18-20-22-21-19-17-15)10-9-12-7-5-6-8-14(12)23-11(2)3/h5-8,11,13,16-22H,4,15H2,1-3H3. The average Bonchev–Trinajstić information content (AvgIpc) is 2.54. The van der Waals surface area contributed by atoms with Crippen molar-refractivity contribution in [2.75, 3.05) is 0 Å². The van der Waals surface area contributed by atoms with Gasteiger partial charge < -0.3 is 4.74 Å². The van der Waals surface area contributed by atoms with Crippen LogP contribution in [0.2, 0.25) is 0 Å². The van der Waals surface area contributed by atoms with Crippen molar-refractivity contribution in [3.05, 3.63) is 29.8 Å². The van der Waals surface area contributed by atoms with Crippen LogP contribution in [-0.4, -0.2) is 12.1 Å². The van der Waals surface area contributed by atoms with E-state index >= 15 is 0 Å². The van der Waals surface area contributed by atoms with Gasteiger partial charge >= 0.3 is 0 Å². The van der Waals surface area contributed by atoms with Crippen LogP contribution in [0.25, 0.3) is 0 Å². The maximum Gasteiger partial charge on any atom is 0.135 e. The zero-order chi connectivity index (χ0) is 16.9. The van der Waals surface area contributed by atoms with Crippen LogP contribution >= 0.6 is 0 Å². The van der Waals surface area contributed by atoms with Crippen molar-refractivity contribution < 1.29 is 4.74 Å². The van der Waals surface area contributed by atoms with E-state index in [4.69, 9.17) is 10.6 Å². The summed E-state index contributed by atoms with van der Waals surface area (Å²) in [5, 5.41) is 0. The van der Waals surface area contributed by atoms with Crippen molar-refractivity contribution in [3.63, 3.8) is 0 Å². The van der Waals surface area contributed by atoms with E-state index in [1.807, 2.05) is 45.0 Å². The minimum atomic E-state index is -0.0444. The number of hydrogen-bond acceptors (Lipinski definition) is 9. The summed E-state index contributed by atoms with van der Waals surface area (Å²) in [6.45, 7) is 6.02. The quantitative estimate of drug-likeness (QED) is 0.120. The molecule has 1 atom stereocenters. The van der Waals surface area contributed by atoms with E-state index in [1.165, 1.54) is 0 Å². The molecule has 0 aliphatic carbocycles. The highest BCUT2D eigenvalue weighted by Crippen LogP contribution is 2.18. The van der Waals surface area contributed by atoms with Crippen molar-refractivity contribution in [1.82, 2.24) is 38.6 Å². The molecule has 0 radical (unpaired) electrons. The second-order valence-electron chi connectivity index (χ2n) is 4.81. The Morgan fingerprint density at radius 3 is 2.48 bits per heavy atom. The molecule has 128 valence electrons. The van der Waals surface area contributed by atoms with Crippen LogP contribution < -0.4 is 49.2 Å². The van der Waals surface area contributed by atoms with Crippen LogP contribution in [0.15, 0.2) is 24.3 Å². The molecule has 0 heterocycles. The van der Waals surface area contributed by atoms with Gasteiger partial charge in [-0.1, -0.05) is 30.9 Å². The number of ether oxygens (including phenoxy) is 1. The van der Waals surface area contributed by atoms with E-state index in [0.29, 0.717) is 0 Å². The van der Waals surface area contributed by atoms with Crippen LogP contribution in [0.5, 0.6) is 5.75 Å². The van der Waals surface area contributed by atoms with Crippen LogP contribution in [0.3, 0.4) is 0 Å². The van der Waals surface area contributed by atoms with Gasteiger partial charge in [0.05, 0.1) is 17.7 Å². The monoisotopic (exact) mass is 322 g/mol. The lowest BCUT2D eigenvalue weighted by Gasteiger charge is -2.14. The van der Waals surface area contributed by atoms with E-state index in [1.54, 1.807) is 0 Å². The third kappa shape index (κ3) is 8.46. The molecule has 9 N–H and O–H groups in total. The molecular weight excluding hydrogens is 296 g/mol. The highest BCUT2D eigenvalue weighted by molar-refractivity contribution is 5.46. The van der Waals surface area contributed by atoms with Gasteiger partial charge in [-0.05, 0) is 32.4 Å². The molecule has 0 bridgehead atoms. The summed E-state index contributed by atoms with van der Waals surface area (Å²) in [7, 11) is 0. The minimum absolute atomic E-state index is 0.0444. The number of hydrazine groups is 7. The maximum absolute atomic E-state index is 5.76. The third-order valence-electron chi connectivity index (χ3n) is 2.61. The molecule has 1 aromatic rings. The van der Waals surface area contributed by atoms with Crippen molar-refractivity contribution in [2.24, 2.45) is 5.84 Å². The average molecular weight is 322 g/mol. The molecule has 0 aliphatic heterocycles. The Balaban J connectivity index is 2.51. The predicted molar refractivity (Wildman–Crippen MR) is 89.3 cm³/mol. The molecule has 9 heteroatoms. The summed E-state index contributed by atoms with van der Waals surface area (Å²) < 4.78 is 5.76. The first-order chi connectivity index (χ1) is 11.2. The Hall–Kier alpha value is -1.74. The largest absolute Gasteiger partial charge is 0.490 e. The molecule has 0 spiro atoms. The van der Waals surface area contributed by atoms with Gasteiger partial charge in [0.15, 0.2) is 0 Å². The summed E-state index contributed by atoms with van der Waals surface area (Å²) in [5.74, 6) is 12.1. The van der Waals surface area contributed by atoms with Gasteiger partial charge in [-0.3, -0.25) is 5.84 Å². The van der Waals surface area contributed by atoms with Gasteiger partial charge in [0.1, 0.15) is 5.75 Å². The zero-order valence-corrected chi connectivity index (χ0v) is 13.7. The van der Waals surface area contributed by atoms with Crippen LogP contribution in [0.4, 0.5) is 0 Å². The van der Waals surface area contributed by atoms with E-state index in [9.17, 15) is 0 Å². The Morgan fingerprint density at radius 1 is 1.09 bits per heavy atom. The molecule has 0 aliphatic rings. The maximum atomic E-state index is 5.76. The second kappa shape index (κ2) is 11.8. The third-order valence-corrected chi connectivity index (χ3v) is 2.61. The Kier molecular flexibility index (Phi) is 9.89. The lowest BCUT2D eigenvalue weighted by molar-refractivity contribution is 0.242. The molecular formula is C14H26N8O. The molecule has 1 aromatic carbocycles. The van der Waals surface area contributed by atoms with Gasteiger partial charge in [0, 0.05) is 0 Å². The minimum Gasteiger partial charge on any atom is -0.490 e. The smallest absolute Gasteiger partial charge is 0.135 e. The molecule has 1 rings (SSSR count). The second-order valence-corrected chi connectivity index (χ2v) is 4.81. The number of nitrogens with two attached hydrogens (primary N) is 1. The topological polar surface area (TPSA) is 119 Å². The summed E-state index contributed by atoms with van der Waals surface area (Å²) in [4.78, 5) is 0. The normalized spacial score (nSPS) is 11.9. The summed E-state index contributed by atoms with van der Waals surface area (Å²) in [5.41, 5.74) is 19.0. The predicted octanol–water partition coefficient (Wildman–Crippen LogP) is -0.905. The summed E-state index contributed by atoms with van der Waals surface area (Å²) >= 11 is 0. The fourth-order valence-corrected chi connectivity index (χ4v) is 1.58. The molecule has 23 heavy (non-hydrogen) atoms. The lowest BCUT2D eigenvalue weighted by atomic mass is 10.1. The molecule has 0 saturated carbocycles. The van der Waals surface area contributed by atoms with Crippen LogP contribution in [-0.2, 0) is 0 Å². The van der Waals surface area contributed by atoms with E-state index in [2.05, 4.69) is 50.5 Å².